The summed E-state index contributed by atoms with van der Waals surface area (Å²) in [6, 6.07) is 0. The van der Waals surface area contributed by atoms with Crippen molar-refractivity contribution in [2.75, 3.05) is 0 Å². The minimum absolute atomic E-state index is 0.422. The van der Waals surface area contributed by atoms with Crippen molar-refractivity contribution in [2.45, 2.75) is 65.4 Å². The molecule has 0 radical (unpaired) electrons. The molecule has 1 nitrogen and oxygen atoms in total. The van der Waals surface area contributed by atoms with E-state index in [0.29, 0.717) is 5.92 Å². The molecule has 1 heteroatoms. The summed E-state index contributed by atoms with van der Waals surface area (Å²) in [5, 5.41) is 9.92. The molecule has 0 aromatic rings. The van der Waals surface area contributed by atoms with Crippen LogP contribution in [0.15, 0.2) is 71.4 Å². The molecule has 0 spiro atoms. The third kappa shape index (κ3) is 6.01. The lowest BCUT2D eigenvalue weighted by molar-refractivity contribution is 0.235. The first-order chi connectivity index (χ1) is 12.0. The van der Waals surface area contributed by atoms with Gasteiger partial charge in [-0.2, -0.15) is 0 Å². The summed E-state index contributed by atoms with van der Waals surface area (Å²) >= 11 is 0. The van der Waals surface area contributed by atoms with Crippen LogP contribution in [0.3, 0.4) is 0 Å². The van der Waals surface area contributed by atoms with E-state index in [2.05, 4.69) is 56.9 Å². The van der Waals surface area contributed by atoms with Gasteiger partial charge in [-0.15, -0.1) is 0 Å². The summed E-state index contributed by atoms with van der Waals surface area (Å²) in [6.45, 7) is 10.2. The molecule has 136 valence electrons. The zero-order valence-corrected chi connectivity index (χ0v) is 16.2. The van der Waals surface area contributed by atoms with Gasteiger partial charge in [0.05, 0.1) is 6.10 Å². The Kier molecular flexibility index (Phi) is 7.71. The van der Waals surface area contributed by atoms with Gasteiger partial charge in [0, 0.05) is 0 Å². The second-order valence-corrected chi connectivity index (χ2v) is 7.59. The predicted octanol–water partition coefficient (Wildman–Crippen LogP) is 6.46. The molecule has 2 aliphatic rings. The maximum Gasteiger partial charge on any atom is 0.0758 e. The normalized spacial score (nSPS) is 23.4. The molecule has 0 aliphatic heterocycles. The number of aliphatic hydroxyl groups is 1. The monoisotopic (exact) mass is 338 g/mol. The fourth-order valence-electron chi connectivity index (χ4n) is 3.90. The quantitative estimate of drug-likeness (QED) is 0.504. The highest BCUT2D eigenvalue weighted by atomic mass is 16.3. The van der Waals surface area contributed by atoms with Crippen LogP contribution in [0, 0.1) is 11.8 Å². The number of hydrogen-bond donors (Lipinski definition) is 1. The van der Waals surface area contributed by atoms with Gasteiger partial charge in [-0.05, 0) is 74.0 Å². The van der Waals surface area contributed by atoms with Gasteiger partial charge in [-0.3, -0.25) is 0 Å². The Morgan fingerprint density at radius 3 is 2.88 bits per heavy atom. The molecule has 2 unspecified atom stereocenters. The lowest BCUT2D eigenvalue weighted by Gasteiger charge is -2.27. The van der Waals surface area contributed by atoms with Crippen molar-refractivity contribution < 1.29 is 5.11 Å². The first-order valence-electron chi connectivity index (χ1n) is 9.80. The summed E-state index contributed by atoms with van der Waals surface area (Å²) in [4.78, 5) is 0. The maximum absolute atomic E-state index is 9.92. The second kappa shape index (κ2) is 9.77. The van der Waals surface area contributed by atoms with Gasteiger partial charge in [0.15, 0.2) is 0 Å². The Morgan fingerprint density at radius 2 is 2.20 bits per heavy atom. The van der Waals surface area contributed by atoms with Gasteiger partial charge in [0.25, 0.3) is 0 Å². The maximum atomic E-state index is 9.92. The minimum atomic E-state index is -0.422. The molecule has 1 N–H and O–H groups in total. The zero-order chi connectivity index (χ0) is 18.2. The molecule has 0 aromatic carbocycles. The number of rotatable bonds is 8. The van der Waals surface area contributed by atoms with Crippen molar-refractivity contribution in [1.82, 2.24) is 0 Å². The molecule has 0 amide bonds. The molecule has 0 bridgehead atoms. The smallest absolute Gasteiger partial charge is 0.0758 e. The van der Waals surface area contributed by atoms with E-state index in [1.165, 1.54) is 30.4 Å². The number of fused-ring (bicyclic) bond motifs is 1. The Balaban J connectivity index is 2.00. The second-order valence-electron chi connectivity index (χ2n) is 7.59. The van der Waals surface area contributed by atoms with E-state index in [0.717, 1.165) is 30.8 Å². The molecule has 0 saturated heterocycles. The largest absolute Gasteiger partial charge is 0.389 e. The number of hydrogen-bond acceptors (Lipinski definition) is 1. The van der Waals surface area contributed by atoms with Crippen LogP contribution >= 0.6 is 0 Å². The summed E-state index contributed by atoms with van der Waals surface area (Å²) in [5.41, 5.74) is 5.34. The van der Waals surface area contributed by atoms with E-state index in [1.54, 1.807) is 5.57 Å². The molecule has 0 aromatic heterocycles. The third-order valence-electron chi connectivity index (χ3n) is 5.23. The summed E-state index contributed by atoms with van der Waals surface area (Å²) in [7, 11) is 0. The highest BCUT2D eigenvalue weighted by Crippen LogP contribution is 2.36. The van der Waals surface area contributed by atoms with Gasteiger partial charge in [-0.1, -0.05) is 68.5 Å². The molecule has 2 aliphatic carbocycles. The van der Waals surface area contributed by atoms with E-state index in [1.807, 2.05) is 13.0 Å². The fraction of sp³-hybridized carbons (Fsp3) is 0.500. The van der Waals surface area contributed by atoms with Gasteiger partial charge in [0.1, 0.15) is 0 Å². The average molecular weight is 339 g/mol. The minimum Gasteiger partial charge on any atom is -0.389 e. The van der Waals surface area contributed by atoms with Crippen molar-refractivity contribution in [3.8, 4) is 0 Å². The van der Waals surface area contributed by atoms with Crippen LogP contribution in [-0.4, -0.2) is 11.2 Å². The molecule has 0 saturated carbocycles. The summed E-state index contributed by atoms with van der Waals surface area (Å²) in [6.07, 6.45) is 21.8. The van der Waals surface area contributed by atoms with Gasteiger partial charge < -0.3 is 5.11 Å². The van der Waals surface area contributed by atoms with Crippen molar-refractivity contribution in [1.29, 1.82) is 0 Å². The predicted molar refractivity (Wildman–Crippen MR) is 109 cm³/mol. The summed E-state index contributed by atoms with van der Waals surface area (Å²) in [5.74, 6) is 1.34. The van der Waals surface area contributed by atoms with Gasteiger partial charge >= 0.3 is 0 Å². The highest BCUT2D eigenvalue weighted by molar-refractivity contribution is 5.36. The lowest BCUT2D eigenvalue weighted by atomic mass is 9.78. The Morgan fingerprint density at radius 1 is 1.40 bits per heavy atom. The van der Waals surface area contributed by atoms with Crippen molar-refractivity contribution in [3.63, 3.8) is 0 Å². The van der Waals surface area contributed by atoms with Crippen LogP contribution in [-0.2, 0) is 0 Å². The average Bonchev–Trinajstić information content (AvgIpc) is 2.60. The summed E-state index contributed by atoms with van der Waals surface area (Å²) < 4.78 is 0. The number of allylic oxidation sites excluding steroid dienone is 9. The zero-order valence-electron chi connectivity index (χ0n) is 16.2. The highest BCUT2D eigenvalue weighted by Gasteiger charge is 2.20. The molecule has 2 rings (SSSR count). The van der Waals surface area contributed by atoms with Gasteiger partial charge in [0.2, 0.25) is 0 Å². The van der Waals surface area contributed by atoms with E-state index in [9.17, 15) is 5.11 Å². The van der Waals surface area contributed by atoms with Crippen LogP contribution in [0.25, 0.3) is 0 Å². The van der Waals surface area contributed by atoms with Crippen molar-refractivity contribution in [3.05, 3.63) is 71.4 Å². The third-order valence-corrected chi connectivity index (χ3v) is 5.23. The SMILES string of the molecule is C=C/C(=C/C(=C\CC)[C@H](C)O)CC(C)CC1=CC2=CC=CCC2CC1. The lowest BCUT2D eigenvalue weighted by Crippen LogP contribution is -2.12. The molecule has 25 heavy (non-hydrogen) atoms. The Labute approximate surface area is 154 Å². The number of aliphatic hydroxyl groups excluding tert-OH is 1. The molecule has 0 heterocycles. The standard InChI is InChI=1S/C24H34O/c1-5-9-23(19(4)25)16-20(6-2)14-18(3)15-21-12-13-22-10-7-8-11-24(22)17-21/h6-9,11,16-19,22,25H,2,5,10,12-15H2,1,3-4H3/b20-16-,23-9+/t18?,19-,22?/m0/s1. The molecular weight excluding hydrogens is 304 g/mol. The van der Waals surface area contributed by atoms with Crippen LogP contribution < -0.4 is 0 Å². The van der Waals surface area contributed by atoms with E-state index < -0.39 is 6.10 Å². The Bertz CT molecular complexity index is 610. The topological polar surface area (TPSA) is 20.2 Å². The first-order valence-corrected chi connectivity index (χ1v) is 9.80. The Hall–Kier alpha value is -1.60. The molecule has 3 atom stereocenters. The van der Waals surface area contributed by atoms with Gasteiger partial charge in [-0.25, -0.2) is 0 Å². The fourth-order valence-corrected chi connectivity index (χ4v) is 3.90. The van der Waals surface area contributed by atoms with Crippen LogP contribution in [0.4, 0.5) is 0 Å². The van der Waals surface area contributed by atoms with Crippen LogP contribution in [0.5, 0.6) is 0 Å². The van der Waals surface area contributed by atoms with Crippen molar-refractivity contribution >= 4 is 0 Å². The van der Waals surface area contributed by atoms with E-state index in [-0.39, 0.29) is 0 Å². The first kappa shape index (κ1) is 19.7. The van der Waals surface area contributed by atoms with Crippen LogP contribution in [0.1, 0.15) is 59.3 Å². The van der Waals surface area contributed by atoms with Crippen molar-refractivity contribution in [2.24, 2.45) is 11.8 Å². The van der Waals surface area contributed by atoms with Crippen LogP contribution in [0.2, 0.25) is 0 Å². The van der Waals surface area contributed by atoms with E-state index in [4.69, 9.17) is 0 Å². The molecular formula is C24H34O. The van der Waals surface area contributed by atoms with E-state index >= 15 is 0 Å². The molecule has 0 fully saturated rings.